The molecular formula is C15H22ClNO. The van der Waals surface area contributed by atoms with E-state index in [4.69, 9.17) is 22.1 Å². The van der Waals surface area contributed by atoms with Crippen LogP contribution in [-0.2, 0) is 0 Å². The van der Waals surface area contributed by atoms with Gasteiger partial charge in [-0.1, -0.05) is 32.4 Å². The Balaban J connectivity index is 2.11. The minimum Gasteiger partial charge on any atom is -0.488 e. The van der Waals surface area contributed by atoms with Crippen molar-refractivity contribution in [3.63, 3.8) is 0 Å². The Kier molecular flexibility index (Phi) is 3.76. The molecule has 2 unspecified atom stereocenters. The van der Waals surface area contributed by atoms with Gasteiger partial charge in [-0.05, 0) is 42.7 Å². The van der Waals surface area contributed by atoms with E-state index >= 15 is 0 Å². The van der Waals surface area contributed by atoms with Crippen molar-refractivity contribution in [1.82, 2.24) is 0 Å². The van der Waals surface area contributed by atoms with Crippen LogP contribution in [0.2, 0.25) is 5.02 Å². The van der Waals surface area contributed by atoms with Crippen molar-refractivity contribution in [1.29, 1.82) is 0 Å². The molecule has 1 saturated carbocycles. The van der Waals surface area contributed by atoms with E-state index in [1.807, 2.05) is 6.07 Å². The number of benzene rings is 1. The third kappa shape index (κ3) is 3.32. The molecule has 1 aliphatic carbocycles. The molecule has 0 bridgehead atoms. The fourth-order valence-electron chi connectivity index (χ4n) is 3.14. The molecule has 0 radical (unpaired) electrons. The van der Waals surface area contributed by atoms with Gasteiger partial charge in [0, 0.05) is 11.1 Å². The Bertz CT molecular complexity index is 431. The number of hydrogen-bond acceptors (Lipinski definition) is 2. The molecule has 100 valence electrons. The van der Waals surface area contributed by atoms with Crippen LogP contribution in [-0.4, -0.2) is 6.10 Å². The van der Waals surface area contributed by atoms with Crippen molar-refractivity contribution in [3.8, 4) is 5.75 Å². The van der Waals surface area contributed by atoms with Crippen LogP contribution < -0.4 is 10.5 Å². The van der Waals surface area contributed by atoms with Crippen LogP contribution in [0.25, 0.3) is 0 Å². The van der Waals surface area contributed by atoms with Gasteiger partial charge in [-0.3, -0.25) is 0 Å². The number of anilines is 1. The third-order valence-corrected chi connectivity index (χ3v) is 3.85. The van der Waals surface area contributed by atoms with Gasteiger partial charge in [0.15, 0.2) is 0 Å². The summed E-state index contributed by atoms with van der Waals surface area (Å²) < 4.78 is 6.06. The smallest absolute Gasteiger partial charge is 0.144 e. The van der Waals surface area contributed by atoms with Crippen molar-refractivity contribution >= 4 is 17.3 Å². The number of ether oxygens (including phenoxy) is 1. The summed E-state index contributed by atoms with van der Waals surface area (Å²) in [5.74, 6) is 1.41. The van der Waals surface area contributed by atoms with E-state index in [2.05, 4.69) is 20.8 Å². The van der Waals surface area contributed by atoms with E-state index in [-0.39, 0.29) is 6.10 Å². The molecule has 18 heavy (non-hydrogen) atoms. The second-order valence-corrected chi connectivity index (χ2v) is 6.77. The van der Waals surface area contributed by atoms with E-state index in [0.29, 0.717) is 22.0 Å². The largest absolute Gasteiger partial charge is 0.488 e. The molecule has 2 rings (SSSR count). The SMILES string of the molecule is CC1CC(Oc2cc(Cl)ccc2N)CC(C)(C)C1. The Morgan fingerprint density at radius 1 is 1.33 bits per heavy atom. The van der Waals surface area contributed by atoms with E-state index in [0.717, 1.165) is 18.6 Å². The van der Waals surface area contributed by atoms with Crippen LogP contribution in [0.4, 0.5) is 5.69 Å². The Labute approximate surface area is 114 Å². The van der Waals surface area contributed by atoms with E-state index < -0.39 is 0 Å². The van der Waals surface area contributed by atoms with Crippen molar-refractivity contribution in [2.75, 3.05) is 5.73 Å². The van der Waals surface area contributed by atoms with Crippen LogP contribution in [0.5, 0.6) is 5.75 Å². The maximum Gasteiger partial charge on any atom is 0.144 e. The molecular weight excluding hydrogens is 246 g/mol. The first-order chi connectivity index (χ1) is 8.35. The lowest BCUT2D eigenvalue weighted by Gasteiger charge is -2.39. The minimum absolute atomic E-state index is 0.240. The first-order valence-corrected chi connectivity index (χ1v) is 6.95. The molecule has 1 fully saturated rings. The van der Waals surface area contributed by atoms with Crippen LogP contribution in [0.3, 0.4) is 0 Å². The predicted octanol–water partition coefficient (Wildman–Crippen LogP) is 4.52. The Hall–Kier alpha value is -0.890. The van der Waals surface area contributed by atoms with E-state index in [1.165, 1.54) is 6.42 Å². The molecule has 0 aromatic heterocycles. The summed E-state index contributed by atoms with van der Waals surface area (Å²) in [5.41, 5.74) is 6.93. The molecule has 2 nitrogen and oxygen atoms in total. The molecule has 0 spiro atoms. The fraction of sp³-hybridized carbons (Fsp3) is 0.600. The number of rotatable bonds is 2. The van der Waals surface area contributed by atoms with Gasteiger partial charge in [0.05, 0.1) is 11.8 Å². The average molecular weight is 268 g/mol. The third-order valence-electron chi connectivity index (χ3n) is 3.62. The highest BCUT2D eigenvalue weighted by Crippen LogP contribution is 2.40. The van der Waals surface area contributed by atoms with Crippen molar-refractivity contribution in [3.05, 3.63) is 23.2 Å². The summed E-state index contributed by atoms with van der Waals surface area (Å²) in [5, 5.41) is 0.669. The monoisotopic (exact) mass is 267 g/mol. The zero-order valence-corrected chi connectivity index (χ0v) is 12.1. The topological polar surface area (TPSA) is 35.2 Å². The van der Waals surface area contributed by atoms with Gasteiger partial charge < -0.3 is 10.5 Å². The highest BCUT2D eigenvalue weighted by atomic mass is 35.5. The summed E-state index contributed by atoms with van der Waals surface area (Å²) in [4.78, 5) is 0. The second kappa shape index (κ2) is 5.00. The van der Waals surface area contributed by atoms with Gasteiger partial charge >= 0.3 is 0 Å². The van der Waals surface area contributed by atoms with Gasteiger partial charge in [-0.2, -0.15) is 0 Å². The standard InChI is InChI=1S/C15H22ClNO/c1-10-6-12(9-15(2,3)8-10)18-14-7-11(16)4-5-13(14)17/h4-5,7,10,12H,6,8-9,17H2,1-3H3. The first-order valence-electron chi connectivity index (χ1n) is 6.57. The number of hydrogen-bond donors (Lipinski definition) is 1. The van der Waals surface area contributed by atoms with Crippen LogP contribution >= 0.6 is 11.6 Å². The summed E-state index contributed by atoms with van der Waals surface area (Å²) >= 11 is 5.98. The normalized spacial score (nSPS) is 26.9. The van der Waals surface area contributed by atoms with Crippen LogP contribution in [0.15, 0.2) is 18.2 Å². The average Bonchev–Trinajstić information content (AvgIpc) is 2.20. The van der Waals surface area contributed by atoms with Crippen molar-refractivity contribution in [2.24, 2.45) is 11.3 Å². The second-order valence-electron chi connectivity index (χ2n) is 6.34. The summed E-state index contributed by atoms with van der Waals surface area (Å²) in [6, 6.07) is 5.40. The van der Waals surface area contributed by atoms with Gasteiger partial charge in [-0.25, -0.2) is 0 Å². The first kappa shape index (κ1) is 13.5. The quantitative estimate of drug-likeness (QED) is 0.800. The lowest BCUT2D eigenvalue weighted by molar-refractivity contribution is 0.0567. The lowest BCUT2D eigenvalue weighted by atomic mass is 9.71. The van der Waals surface area contributed by atoms with Gasteiger partial charge in [0.2, 0.25) is 0 Å². The summed E-state index contributed by atoms with van der Waals surface area (Å²) in [6.45, 7) is 6.90. The molecule has 1 aromatic carbocycles. The van der Waals surface area contributed by atoms with Gasteiger partial charge in [-0.15, -0.1) is 0 Å². The summed E-state index contributed by atoms with van der Waals surface area (Å²) in [7, 11) is 0. The van der Waals surface area contributed by atoms with Gasteiger partial charge in [0.25, 0.3) is 0 Å². The molecule has 1 aliphatic rings. The van der Waals surface area contributed by atoms with E-state index in [1.54, 1.807) is 12.1 Å². The molecule has 0 amide bonds. The Morgan fingerprint density at radius 2 is 2.06 bits per heavy atom. The highest BCUT2D eigenvalue weighted by Gasteiger charge is 2.33. The minimum atomic E-state index is 0.240. The molecule has 0 heterocycles. The molecule has 1 aromatic rings. The van der Waals surface area contributed by atoms with Crippen molar-refractivity contribution < 1.29 is 4.74 Å². The molecule has 3 heteroatoms. The lowest BCUT2D eigenvalue weighted by Crippen LogP contribution is -2.34. The van der Waals surface area contributed by atoms with Crippen molar-refractivity contribution in [2.45, 2.75) is 46.1 Å². The highest BCUT2D eigenvalue weighted by molar-refractivity contribution is 6.30. The van der Waals surface area contributed by atoms with E-state index in [9.17, 15) is 0 Å². The fourth-order valence-corrected chi connectivity index (χ4v) is 3.30. The van der Waals surface area contributed by atoms with Gasteiger partial charge in [0.1, 0.15) is 5.75 Å². The zero-order valence-electron chi connectivity index (χ0n) is 11.4. The maximum atomic E-state index is 6.06. The predicted molar refractivity (Wildman–Crippen MR) is 77.1 cm³/mol. The van der Waals surface area contributed by atoms with Crippen LogP contribution in [0, 0.1) is 11.3 Å². The summed E-state index contributed by atoms with van der Waals surface area (Å²) in [6.07, 6.45) is 3.67. The number of nitrogen functional groups attached to an aromatic ring is 1. The number of halogens is 1. The zero-order chi connectivity index (χ0) is 13.3. The van der Waals surface area contributed by atoms with Crippen LogP contribution in [0.1, 0.15) is 40.0 Å². The Morgan fingerprint density at radius 3 is 2.72 bits per heavy atom. The number of nitrogens with two attached hydrogens (primary N) is 1. The molecule has 2 N–H and O–H groups in total. The molecule has 2 atom stereocenters. The molecule has 0 saturated heterocycles. The molecule has 0 aliphatic heterocycles. The maximum absolute atomic E-state index is 6.06.